The van der Waals surface area contributed by atoms with Crippen LogP contribution in [0.3, 0.4) is 0 Å². The summed E-state index contributed by atoms with van der Waals surface area (Å²) in [6.07, 6.45) is 0. The van der Waals surface area contributed by atoms with Crippen LogP contribution in [-0.4, -0.2) is 12.8 Å². The van der Waals surface area contributed by atoms with Gasteiger partial charge in [-0.05, 0) is 24.6 Å². The molecule has 0 heterocycles. The minimum Gasteiger partial charge on any atom is -0.254 e. The van der Waals surface area contributed by atoms with Crippen molar-refractivity contribution in [1.82, 2.24) is 4.41 Å². The van der Waals surface area contributed by atoms with E-state index >= 15 is 0 Å². The first-order valence-corrected chi connectivity index (χ1v) is 7.32. The fourth-order valence-electron chi connectivity index (χ4n) is 1.69. The van der Waals surface area contributed by atoms with E-state index in [1.165, 1.54) is 12.1 Å². The molecule has 4 nitrogen and oxygen atoms in total. The van der Waals surface area contributed by atoms with E-state index in [9.17, 15) is 8.42 Å². The maximum atomic E-state index is 12.2. The number of nitrogens with two attached hydrogens (primary N) is 1. The molecule has 0 saturated carbocycles. The summed E-state index contributed by atoms with van der Waals surface area (Å²) < 4.78 is 25.3. The minimum absolute atomic E-state index is 0.150. The molecular weight excluding hydrogens is 260 g/mol. The number of aryl methyl sites for hydroxylation is 1. The molecule has 0 bridgehead atoms. The lowest BCUT2D eigenvalue weighted by molar-refractivity contribution is 0.422. The van der Waals surface area contributed by atoms with Crippen molar-refractivity contribution in [2.24, 2.45) is 5.84 Å². The van der Waals surface area contributed by atoms with E-state index in [1.807, 2.05) is 31.2 Å². The molecule has 0 atom stereocenters. The van der Waals surface area contributed by atoms with E-state index in [1.54, 1.807) is 18.2 Å². The minimum atomic E-state index is -3.64. The summed E-state index contributed by atoms with van der Waals surface area (Å²) in [7, 11) is -3.64. The number of hydrogen-bond donors (Lipinski definition) is 1. The van der Waals surface area contributed by atoms with E-state index in [0.717, 1.165) is 15.5 Å². The standard InChI is InChI=1S/C14H16N2O2S/c1-12-7-9-13(10-8-12)11-16(15)19(17,18)14-5-3-2-4-6-14/h2-10H,11,15H2,1H3. The molecule has 0 radical (unpaired) electrons. The van der Waals surface area contributed by atoms with E-state index in [2.05, 4.69) is 0 Å². The van der Waals surface area contributed by atoms with Crippen molar-refractivity contribution in [2.75, 3.05) is 0 Å². The van der Waals surface area contributed by atoms with Crippen molar-refractivity contribution in [3.05, 3.63) is 65.7 Å². The van der Waals surface area contributed by atoms with Crippen molar-refractivity contribution in [3.8, 4) is 0 Å². The molecule has 19 heavy (non-hydrogen) atoms. The van der Waals surface area contributed by atoms with Crippen LogP contribution in [0.1, 0.15) is 11.1 Å². The first kappa shape index (κ1) is 13.7. The Morgan fingerprint density at radius 2 is 1.58 bits per heavy atom. The van der Waals surface area contributed by atoms with Gasteiger partial charge in [0.1, 0.15) is 0 Å². The Kier molecular flexibility index (Phi) is 3.99. The molecule has 0 aromatic heterocycles. The van der Waals surface area contributed by atoms with Crippen LogP contribution in [0.5, 0.6) is 0 Å². The van der Waals surface area contributed by atoms with Gasteiger partial charge in [-0.1, -0.05) is 48.0 Å². The molecule has 0 fully saturated rings. The Hall–Kier alpha value is -1.69. The number of rotatable bonds is 4. The van der Waals surface area contributed by atoms with Gasteiger partial charge in [0.05, 0.1) is 11.4 Å². The average molecular weight is 276 g/mol. The lowest BCUT2D eigenvalue weighted by Crippen LogP contribution is -2.36. The zero-order valence-corrected chi connectivity index (χ0v) is 11.5. The summed E-state index contributed by atoms with van der Waals surface area (Å²) in [6, 6.07) is 15.8. The van der Waals surface area contributed by atoms with Gasteiger partial charge in [-0.25, -0.2) is 8.42 Å². The van der Waals surface area contributed by atoms with Gasteiger partial charge >= 0.3 is 0 Å². The summed E-state index contributed by atoms with van der Waals surface area (Å²) in [5.74, 6) is 5.70. The van der Waals surface area contributed by atoms with E-state index in [0.29, 0.717) is 0 Å². The Morgan fingerprint density at radius 3 is 2.16 bits per heavy atom. The Labute approximate surface area is 113 Å². The van der Waals surface area contributed by atoms with E-state index in [4.69, 9.17) is 5.84 Å². The van der Waals surface area contributed by atoms with Gasteiger partial charge < -0.3 is 0 Å². The van der Waals surface area contributed by atoms with Crippen LogP contribution in [0, 0.1) is 6.92 Å². The second-order valence-corrected chi connectivity index (χ2v) is 6.24. The Morgan fingerprint density at radius 1 is 1.00 bits per heavy atom. The molecule has 0 spiro atoms. The normalized spacial score (nSPS) is 11.7. The molecule has 2 aromatic carbocycles. The van der Waals surface area contributed by atoms with Crippen LogP contribution in [0.4, 0.5) is 0 Å². The second kappa shape index (κ2) is 5.52. The summed E-state index contributed by atoms with van der Waals surface area (Å²) in [5.41, 5.74) is 1.98. The van der Waals surface area contributed by atoms with Crippen LogP contribution < -0.4 is 5.84 Å². The molecule has 0 aliphatic rings. The zero-order chi connectivity index (χ0) is 13.9. The summed E-state index contributed by atoms with van der Waals surface area (Å²) >= 11 is 0. The summed E-state index contributed by atoms with van der Waals surface area (Å²) in [4.78, 5) is 0.199. The molecule has 0 amide bonds. The van der Waals surface area contributed by atoms with Crippen molar-refractivity contribution >= 4 is 10.0 Å². The molecule has 2 N–H and O–H groups in total. The number of benzene rings is 2. The van der Waals surface area contributed by atoms with Gasteiger partial charge in [0.25, 0.3) is 10.0 Å². The van der Waals surface area contributed by atoms with Gasteiger partial charge in [-0.3, -0.25) is 5.84 Å². The highest BCUT2D eigenvalue weighted by atomic mass is 32.2. The topological polar surface area (TPSA) is 63.4 Å². The van der Waals surface area contributed by atoms with Gasteiger partial charge in [0.2, 0.25) is 0 Å². The van der Waals surface area contributed by atoms with Crippen molar-refractivity contribution < 1.29 is 8.42 Å². The molecule has 0 unspecified atom stereocenters. The predicted molar refractivity (Wildman–Crippen MR) is 74.5 cm³/mol. The Bertz CT molecular complexity index is 637. The third kappa shape index (κ3) is 3.20. The monoisotopic (exact) mass is 276 g/mol. The fraction of sp³-hybridized carbons (Fsp3) is 0.143. The highest BCUT2D eigenvalue weighted by Gasteiger charge is 2.20. The SMILES string of the molecule is Cc1ccc(CN(N)S(=O)(=O)c2ccccc2)cc1. The lowest BCUT2D eigenvalue weighted by Gasteiger charge is -2.16. The smallest absolute Gasteiger partial charge is 0.254 e. The zero-order valence-electron chi connectivity index (χ0n) is 10.7. The molecular formula is C14H16N2O2S. The molecule has 2 aromatic rings. The molecule has 5 heteroatoms. The maximum Gasteiger partial charge on any atom is 0.255 e. The fourth-order valence-corrected chi connectivity index (χ4v) is 2.78. The number of sulfonamides is 1. The van der Waals surface area contributed by atoms with E-state index in [-0.39, 0.29) is 11.4 Å². The first-order chi connectivity index (χ1) is 9.00. The predicted octanol–water partition coefficient (Wildman–Crippen LogP) is 2.06. The van der Waals surface area contributed by atoms with Crippen molar-refractivity contribution in [3.63, 3.8) is 0 Å². The maximum absolute atomic E-state index is 12.2. The third-order valence-electron chi connectivity index (χ3n) is 2.81. The van der Waals surface area contributed by atoms with Gasteiger partial charge in [-0.15, -0.1) is 4.41 Å². The molecule has 0 aliphatic heterocycles. The number of hydrogen-bond acceptors (Lipinski definition) is 3. The number of hydrazine groups is 1. The molecule has 100 valence electrons. The van der Waals surface area contributed by atoms with Crippen molar-refractivity contribution in [1.29, 1.82) is 0 Å². The molecule has 0 saturated heterocycles. The molecule has 2 rings (SSSR count). The average Bonchev–Trinajstić information content (AvgIpc) is 2.42. The van der Waals surface area contributed by atoms with E-state index < -0.39 is 10.0 Å². The van der Waals surface area contributed by atoms with Crippen LogP contribution >= 0.6 is 0 Å². The van der Waals surface area contributed by atoms with Crippen LogP contribution in [0.25, 0.3) is 0 Å². The van der Waals surface area contributed by atoms with Gasteiger partial charge in [0.15, 0.2) is 0 Å². The highest BCUT2D eigenvalue weighted by molar-refractivity contribution is 7.89. The Balaban J connectivity index is 2.20. The second-order valence-electron chi connectivity index (χ2n) is 4.35. The van der Waals surface area contributed by atoms with Gasteiger partial charge in [0, 0.05) is 0 Å². The highest BCUT2D eigenvalue weighted by Crippen LogP contribution is 2.15. The first-order valence-electron chi connectivity index (χ1n) is 5.88. The quantitative estimate of drug-likeness (QED) is 0.686. The van der Waals surface area contributed by atoms with Gasteiger partial charge in [-0.2, -0.15) is 0 Å². The number of nitrogens with zero attached hydrogens (tertiary/aromatic N) is 1. The van der Waals surface area contributed by atoms with Crippen LogP contribution in [0.15, 0.2) is 59.5 Å². The van der Waals surface area contributed by atoms with Crippen LogP contribution in [-0.2, 0) is 16.6 Å². The summed E-state index contributed by atoms with van der Waals surface area (Å²) in [6.45, 7) is 2.13. The largest absolute Gasteiger partial charge is 0.255 e. The van der Waals surface area contributed by atoms with Crippen molar-refractivity contribution in [2.45, 2.75) is 18.4 Å². The lowest BCUT2D eigenvalue weighted by atomic mass is 10.1. The summed E-state index contributed by atoms with van der Waals surface area (Å²) in [5, 5.41) is 0. The van der Waals surface area contributed by atoms with Crippen LogP contribution in [0.2, 0.25) is 0 Å². The molecule has 0 aliphatic carbocycles. The third-order valence-corrected chi connectivity index (χ3v) is 4.42.